The number of aryl methyl sites for hydroxylation is 1. The Bertz CT molecular complexity index is 579. The molecule has 0 aliphatic rings. The molecule has 2 rings (SSSR count). The van der Waals surface area contributed by atoms with E-state index in [0.29, 0.717) is 18.1 Å². The molecular weight excluding hydrogens is 282 g/mol. The van der Waals surface area contributed by atoms with Gasteiger partial charge in [0, 0.05) is 12.8 Å². The van der Waals surface area contributed by atoms with E-state index in [1.165, 1.54) is 18.4 Å². The van der Waals surface area contributed by atoms with Crippen molar-refractivity contribution < 1.29 is 18.8 Å². The van der Waals surface area contributed by atoms with Gasteiger partial charge in [0.1, 0.15) is 6.54 Å². The summed E-state index contributed by atoms with van der Waals surface area (Å²) >= 11 is 1.51. The van der Waals surface area contributed by atoms with E-state index in [4.69, 9.17) is 4.52 Å². The maximum absolute atomic E-state index is 11.5. The molecule has 0 spiro atoms. The topological polar surface area (TPSA) is 94.3 Å². The molecule has 2 heterocycles. The molecule has 8 heteroatoms. The molecule has 0 aliphatic heterocycles. The summed E-state index contributed by atoms with van der Waals surface area (Å²) in [5.74, 6) is 0.147. The second-order valence-corrected chi connectivity index (χ2v) is 4.79. The van der Waals surface area contributed by atoms with Crippen LogP contribution in [0.1, 0.15) is 12.3 Å². The Morgan fingerprint density at radius 1 is 1.50 bits per heavy atom. The number of hydrogen-bond donors (Lipinski definition) is 1. The monoisotopic (exact) mass is 295 g/mol. The fourth-order valence-corrected chi connectivity index (χ4v) is 2.06. The third-order valence-electron chi connectivity index (χ3n) is 2.43. The average molecular weight is 295 g/mol. The van der Waals surface area contributed by atoms with Crippen molar-refractivity contribution in [3.8, 4) is 10.7 Å². The second kappa shape index (κ2) is 6.80. The quantitative estimate of drug-likeness (QED) is 0.800. The number of hydrogen-bond acceptors (Lipinski definition) is 7. The number of thiophene rings is 1. The zero-order chi connectivity index (χ0) is 14.4. The Kier molecular flexibility index (Phi) is 4.83. The third-order valence-corrected chi connectivity index (χ3v) is 3.30. The van der Waals surface area contributed by atoms with Gasteiger partial charge in [-0.1, -0.05) is 11.2 Å². The lowest BCUT2D eigenvalue weighted by atomic mass is 10.3. The minimum Gasteiger partial charge on any atom is -0.468 e. The molecule has 0 aromatic carbocycles. The molecule has 0 saturated carbocycles. The Morgan fingerprint density at radius 3 is 3.05 bits per heavy atom. The third kappa shape index (κ3) is 3.89. The van der Waals surface area contributed by atoms with Gasteiger partial charge in [0.15, 0.2) is 0 Å². The maximum atomic E-state index is 11.5. The number of methoxy groups -OCH3 is 1. The predicted octanol–water partition coefficient (Wildman–Crippen LogP) is 1.02. The van der Waals surface area contributed by atoms with Crippen LogP contribution in [0.15, 0.2) is 22.0 Å². The number of carbonyl (C=O) groups is 2. The van der Waals surface area contributed by atoms with E-state index in [2.05, 4.69) is 20.2 Å². The molecule has 106 valence electrons. The molecule has 0 unspecified atom stereocenters. The molecular formula is C12H13N3O4S. The van der Waals surface area contributed by atoms with Crippen LogP contribution in [-0.4, -0.2) is 35.7 Å². The highest BCUT2D eigenvalue weighted by Gasteiger charge is 2.11. The van der Waals surface area contributed by atoms with Crippen LogP contribution < -0.4 is 5.32 Å². The Balaban J connectivity index is 1.80. The number of rotatable bonds is 6. The Hall–Kier alpha value is -2.22. The van der Waals surface area contributed by atoms with E-state index in [1.807, 2.05) is 17.5 Å². The van der Waals surface area contributed by atoms with E-state index in [1.54, 1.807) is 0 Å². The van der Waals surface area contributed by atoms with Gasteiger partial charge in [0.2, 0.25) is 17.6 Å². The van der Waals surface area contributed by atoms with Crippen LogP contribution in [0.5, 0.6) is 0 Å². The van der Waals surface area contributed by atoms with E-state index in [0.717, 1.165) is 4.88 Å². The van der Waals surface area contributed by atoms with E-state index in [-0.39, 0.29) is 18.9 Å². The summed E-state index contributed by atoms with van der Waals surface area (Å²) in [6.07, 6.45) is 0.494. The van der Waals surface area contributed by atoms with Crippen molar-refractivity contribution in [2.75, 3.05) is 13.7 Å². The zero-order valence-electron chi connectivity index (χ0n) is 10.8. The van der Waals surface area contributed by atoms with Crippen LogP contribution in [0.3, 0.4) is 0 Å². The first-order valence-electron chi connectivity index (χ1n) is 5.89. The highest BCUT2D eigenvalue weighted by Crippen LogP contribution is 2.21. The summed E-state index contributed by atoms with van der Waals surface area (Å²) < 4.78 is 9.47. The van der Waals surface area contributed by atoms with Crippen LogP contribution in [0.25, 0.3) is 10.7 Å². The molecule has 1 N–H and O–H groups in total. The largest absolute Gasteiger partial charge is 0.468 e. The summed E-state index contributed by atoms with van der Waals surface area (Å²) in [6.45, 7) is -0.139. The zero-order valence-corrected chi connectivity index (χ0v) is 11.6. The molecule has 2 aromatic heterocycles. The summed E-state index contributed by atoms with van der Waals surface area (Å²) in [5.41, 5.74) is 0. The fraction of sp³-hybridized carbons (Fsp3) is 0.333. The minimum atomic E-state index is -0.490. The summed E-state index contributed by atoms with van der Waals surface area (Å²) in [6, 6.07) is 3.79. The van der Waals surface area contributed by atoms with Gasteiger partial charge < -0.3 is 14.6 Å². The first kappa shape index (κ1) is 14.2. The number of carbonyl (C=O) groups excluding carboxylic acids is 2. The van der Waals surface area contributed by atoms with E-state index >= 15 is 0 Å². The summed E-state index contributed by atoms with van der Waals surface area (Å²) in [5, 5.41) is 8.20. The highest BCUT2D eigenvalue weighted by atomic mass is 32.1. The first-order chi connectivity index (χ1) is 9.69. The smallest absolute Gasteiger partial charge is 0.325 e. The predicted molar refractivity (Wildman–Crippen MR) is 71.0 cm³/mol. The van der Waals surface area contributed by atoms with Crippen LogP contribution in [-0.2, 0) is 20.7 Å². The van der Waals surface area contributed by atoms with Gasteiger partial charge in [-0.05, 0) is 11.4 Å². The fourth-order valence-electron chi connectivity index (χ4n) is 1.41. The molecule has 0 fully saturated rings. The lowest BCUT2D eigenvalue weighted by Crippen LogP contribution is -2.30. The average Bonchev–Trinajstić information content (AvgIpc) is 3.12. The number of nitrogens with zero attached hydrogens (tertiary/aromatic N) is 2. The first-order valence-corrected chi connectivity index (χ1v) is 6.77. The molecule has 0 atom stereocenters. The number of ether oxygens (including phenoxy) is 1. The molecule has 0 aliphatic carbocycles. The normalized spacial score (nSPS) is 10.2. The maximum Gasteiger partial charge on any atom is 0.325 e. The summed E-state index contributed by atoms with van der Waals surface area (Å²) in [7, 11) is 1.26. The van der Waals surface area contributed by atoms with Gasteiger partial charge in [-0.3, -0.25) is 9.59 Å². The van der Waals surface area contributed by atoms with E-state index in [9.17, 15) is 9.59 Å². The Morgan fingerprint density at radius 2 is 2.35 bits per heavy atom. The highest BCUT2D eigenvalue weighted by molar-refractivity contribution is 7.13. The number of esters is 1. The molecule has 0 radical (unpaired) electrons. The van der Waals surface area contributed by atoms with Crippen molar-refractivity contribution in [2.24, 2.45) is 0 Å². The van der Waals surface area contributed by atoms with Crippen molar-refractivity contribution in [1.82, 2.24) is 15.5 Å². The number of nitrogens with one attached hydrogen (secondary N) is 1. The molecule has 20 heavy (non-hydrogen) atoms. The lowest BCUT2D eigenvalue weighted by molar-refractivity contribution is -0.141. The number of aromatic nitrogens is 2. The molecule has 2 aromatic rings. The van der Waals surface area contributed by atoms with Gasteiger partial charge in [-0.2, -0.15) is 4.98 Å². The molecule has 0 saturated heterocycles. The van der Waals surface area contributed by atoms with Gasteiger partial charge >= 0.3 is 5.97 Å². The van der Waals surface area contributed by atoms with E-state index < -0.39 is 5.97 Å². The SMILES string of the molecule is COC(=O)CNC(=O)CCc1nc(-c2cccs2)no1. The van der Waals surface area contributed by atoms with Crippen molar-refractivity contribution in [3.05, 3.63) is 23.4 Å². The van der Waals surface area contributed by atoms with Gasteiger partial charge in [-0.25, -0.2) is 0 Å². The van der Waals surface area contributed by atoms with Crippen LogP contribution in [0, 0.1) is 0 Å². The van der Waals surface area contributed by atoms with Gasteiger partial charge in [-0.15, -0.1) is 11.3 Å². The standard InChI is InChI=1S/C12H13N3O4S/c1-18-11(17)7-13-9(16)4-5-10-14-12(15-19-10)8-3-2-6-20-8/h2-3,6H,4-5,7H2,1H3,(H,13,16). The van der Waals surface area contributed by atoms with Crippen LogP contribution in [0.4, 0.5) is 0 Å². The van der Waals surface area contributed by atoms with Gasteiger partial charge in [0.25, 0.3) is 0 Å². The Labute approximate surface area is 118 Å². The summed E-state index contributed by atoms with van der Waals surface area (Å²) in [4.78, 5) is 27.4. The van der Waals surface area contributed by atoms with Crippen molar-refractivity contribution in [1.29, 1.82) is 0 Å². The van der Waals surface area contributed by atoms with Crippen molar-refractivity contribution >= 4 is 23.2 Å². The number of amides is 1. The minimum absolute atomic E-state index is 0.139. The lowest BCUT2D eigenvalue weighted by Gasteiger charge is -2.01. The van der Waals surface area contributed by atoms with Crippen molar-refractivity contribution in [2.45, 2.75) is 12.8 Å². The molecule has 0 bridgehead atoms. The van der Waals surface area contributed by atoms with Crippen LogP contribution in [0.2, 0.25) is 0 Å². The molecule has 7 nitrogen and oxygen atoms in total. The van der Waals surface area contributed by atoms with Gasteiger partial charge in [0.05, 0.1) is 12.0 Å². The second-order valence-electron chi connectivity index (χ2n) is 3.84. The van der Waals surface area contributed by atoms with Crippen LogP contribution >= 0.6 is 11.3 Å². The molecule has 1 amide bonds. The van der Waals surface area contributed by atoms with Crippen molar-refractivity contribution in [3.63, 3.8) is 0 Å².